The number of rotatable bonds is 6. The zero-order valence-corrected chi connectivity index (χ0v) is 11.8. The van der Waals surface area contributed by atoms with Gasteiger partial charge >= 0.3 is 0 Å². The van der Waals surface area contributed by atoms with Crippen LogP contribution in [0.25, 0.3) is 0 Å². The molecule has 0 aromatic heterocycles. The molecule has 0 spiro atoms. The van der Waals surface area contributed by atoms with E-state index in [4.69, 9.17) is 4.74 Å². The van der Waals surface area contributed by atoms with Gasteiger partial charge in [-0.1, -0.05) is 12.1 Å². The number of hydrogen-bond donors (Lipinski definition) is 0. The molecular weight excluding hydrogens is 240 g/mol. The molecule has 1 heterocycles. The van der Waals surface area contributed by atoms with Crippen LogP contribution in [-0.4, -0.2) is 44.7 Å². The van der Waals surface area contributed by atoms with Crippen molar-refractivity contribution < 1.29 is 9.53 Å². The van der Waals surface area contributed by atoms with Gasteiger partial charge in [-0.2, -0.15) is 0 Å². The maximum absolute atomic E-state index is 11.7. The molecule has 1 amide bonds. The van der Waals surface area contributed by atoms with E-state index in [0.29, 0.717) is 6.42 Å². The molecule has 0 radical (unpaired) electrons. The fourth-order valence-corrected chi connectivity index (χ4v) is 2.34. The van der Waals surface area contributed by atoms with Crippen molar-refractivity contribution in [1.29, 1.82) is 0 Å². The van der Waals surface area contributed by atoms with E-state index in [1.54, 1.807) is 7.11 Å². The Hall–Kier alpha value is -1.39. The lowest BCUT2D eigenvalue weighted by molar-refractivity contribution is -0.117. The van der Waals surface area contributed by atoms with Crippen molar-refractivity contribution in [2.24, 2.45) is 0 Å². The predicted molar refractivity (Wildman–Crippen MR) is 76.2 cm³/mol. The summed E-state index contributed by atoms with van der Waals surface area (Å²) in [7, 11) is 3.80. The Morgan fingerprint density at radius 1 is 1.32 bits per heavy atom. The highest BCUT2D eigenvalue weighted by Gasteiger charge is 2.21. The Bertz CT molecular complexity index is 417. The van der Waals surface area contributed by atoms with Gasteiger partial charge in [-0.15, -0.1) is 0 Å². The van der Waals surface area contributed by atoms with E-state index in [1.165, 1.54) is 5.56 Å². The minimum Gasteiger partial charge on any atom is -0.383 e. The van der Waals surface area contributed by atoms with Crippen molar-refractivity contribution in [2.45, 2.75) is 19.4 Å². The van der Waals surface area contributed by atoms with Crippen LogP contribution in [0.5, 0.6) is 0 Å². The molecule has 4 nitrogen and oxygen atoms in total. The number of ether oxygens (including phenoxy) is 1. The normalized spacial score (nSPS) is 15.5. The number of nitrogens with zero attached hydrogens (tertiary/aromatic N) is 2. The summed E-state index contributed by atoms with van der Waals surface area (Å²) in [4.78, 5) is 15.8. The molecule has 2 rings (SSSR count). The molecule has 1 aromatic carbocycles. The molecule has 1 aromatic rings. The molecule has 1 aliphatic rings. The summed E-state index contributed by atoms with van der Waals surface area (Å²) in [6.07, 6.45) is 1.65. The average molecular weight is 262 g/mol. The van der Waals surface area contributed by atoms with Crippen molar-refractivity contribution >= 4 is 11.6 Å². The third kappa shape index (κ3) is 3.78. The maximum atomic E-state index is 11.7. The number of anilines is 1. The third-order valence-corrected chi connectivity index (χ3v) is 3.45. The molecular formula is C15H22N2O2. The van der Waals surface area contributed by atoms with Gasteiger partial charge in [-0.05, 0) is 31.2 Å². The van der Waals surface area contributed by atoms with Crippen molar-refractivity contribution in [2.75, 3.05) is 38.8 Å². The van der Waals surface area contributed by atoms with E-state index >= 15 is 0 Å². The summed E-state index contributed by atoms with van der Waals surface area (Å²) < 4.78 is 5.06. The molecule has 19 heavy (non-hydrogen) atoms. The molecule has 0 unspecified atom stereocenters. The minimum atomic E-state index is 0.241. The van der Waals surface area contributed by atoms with Crippen LogP contribution in [0, 0.1) is 0 Å². The highest BCUT2D eigenvalue weighted by atomic mass is 16.5. The molecule has 0 atom stereocenters. The summed E-state index contributed by atoms with van der Waals surface area (Å²) in [6, 6.07) is 8.29. The Morgan fingerprint density at radius 2 is 2.05 bits per heavy atom. The third-order valence-electron chi connectivity index (χ3n) is 3.45. The van der Waals surface area contributed by atoms with Gasteiger partial charge in [0.15, 0.2) is 0 Å². The Labute approximate surface area is 115 Å². The summed E-state index contributed by atoms with van der Waals surface area (Å²) in [5, 5.41) is 0. The Kier molecular flexibility index (Phi) is 4.93. The molecule has 4 heteroatoms. The summed E-state index contributed by atoms with van der Waals surface area (Å²) in [5.41, 5.74) is 2.28. The second-order valence-corrected chi connectivity index (χ2v) is 5.05. The largest absolute Gasteiger partial charge is 0.383 e. The number of likely N-dealkylation sites (N-methyl/N-ethyl adjacent to an activating group) is 1. The summed E-state index contributed by atoms with van der Waals surface area (Å²) >= 11 is 0. The quantitative estimate of drug-likeness (QED) is 0.785. The van der Waals surface area contributed by atoms with Gasteiger partial charge in [-0.25, -0.2) is 0 Å². The Morgan fingerprint density at radius 3 is 2.63 bits per heavy atom. The Balaban J connectivity index is 1.92. The number of methoxy groups -OCH3 is 1. The van der Waals surface area contributed by atoms with Gasteiger partial charge in [0.05, 0.1) is 6.61 Å². The van der Waals surface area contributed by atoms with Crippen molar-refractivity contribution in [1.82, 2.24) is 4.90 Å². The monoisotopic (exact) mass is 262 g/mol. The molecule has 104 valence electrons. The van der Waals surface area contributed by atoms with Crippen LogP contribution >= 0.6 is 0 Å². The zero-order chi connectivity index (χ0) is 13.7. The van der Waals surface area contributed by atoms with E-state index in [-0.39, 0.29) is 5.91 Å². The maximum Gasteiger partial charge on any atom is 0.227 e. The van der Waals surface area contributed by atoms with E-state index in [1.807, 2.05) is 17.0 Å². The number of hydrogen-bond acceptors (Lipinski definition) is 3. The molecule has 0 bridgehead atoms. The van der Waals surface area contributed by atoms with Crippen molar-refractivity contribution in [3.05, 3.63) is 29.8 Å². The average Bonchev–Trinajstić information content (AvgIpc) is 2.83. The number of carbonyl (C=O) groups excluding carboxylic acids is 1. The molecule has 1 fully saturated rings. The predicted octanol–water partition coefficient (Wildman–Crippen LogP) is 1.89. The van der Waals surface area contributed by atoms with Crippen LogP contribution in [0.1, 0.15) is 18.4 Å². The van der Waals surface area contributed by atoms with Crippen LogP contribution in [0.4, 0.5) is 5.69 Å². The zero-order valence-electron chi connectivity index (χ0n) is 11.8. The molecule has 1 aliphatic heterocycles. The smallest absolute Gasteiger partial charge is 0.227 e. The minimum absolute atomic E-state index is 0.241. The first-order chi connectivity index (χ1) is 9.20. The second-order valence-electron chi connectivity index (χ2n) is 5.05. The van der Waals surface area contributed by atoms with Crippen molar-refractivity contribution in [3.8, 4) is 0 Å². The van der Waals surface area contributed by atoms with E-state index in [9.17, 15) is 4.79 Å². The number of benzene rings is 1. The lowest BCUT2D eigenvalue weighted by atomic mass is 10.2. The van der Waals surface area contributed by atoms with E-state index in [0.717, 1.165) is 38.3 Å². The van der Waals surface area contributed by atoms with Crippen LogP contribution in [0.15, 0.2) is 24.3 Å². The lowest BCUT2D eigenvalue weighted by Gasteiger charge is -2.18. The lowest BCUT2D eigenvalue weighted by Crippen LogP contribution is -2.24. The fraction of sp³-hybridized carbons (Fsp3) is 0.533. The van der Waals surface area contributed by atoms with Gasteiger partial charge in [0, 0.05) is 38.9 Å². The highest BCUT2D eigenvalue weighted by molar-refractivity contribution is 5.95. The molecule has 1 saturated heterocycles. The van der Waals surface area contributed by atoms with Crippen molar-refractivity contribution in [3.63, 3.8) is 0 Å². The summed E-state index contributed by atoms with van der Waals surface area (Å²) in [5.74, 6) is 0.241. The highest BCUT2D eigenvalue weighted by Crippen LogP contribution is 2.21. The van der Waals surface area contributed by atoms with Gasteiger partial charge in [-0.3, -0.25) is 9.69 Å². The second kappa shape index (κ2) is 6.68. The fourth-order valence-electron chi connectivity index (χ4n) is 2.34. The first-order valence-corrected chi connectivity index (χ1v) is 6.77. The standard InChI is InChI=1S/C15H22N2O2/c1-16(10-11-19-2)12-13-5-7-14(8-6-13)17-9-3-4-15(17)18/h5-8H,3-4,9-12H2,1-2H3. The van der Waals surface area contributed by atoms with Gasteiger partial charge < -0.3 is 9.64 Å². The van der Waals surface area contributed by atoms with Crippen LogP contribution in [0.3, 0.4) is 0 Å². The first-order valence-electron chi connectivity index (χ1n) is 6.77. The van der Waals surface area contributed by atoms with Gasteiger partial charge in [0.1, 0.15) is 0 Å². The molecule has 0 N–H and O–H groups in total. The number of amides is 1. The van der Waals surface area contributed by atoms with Crippen LogP contribution in [0.2, 0.25) is 0 Å². The molecule has 0 aliphatic carbocycles. The van der Waals surface area contributed by atoms with Crippen LogP contribution in [-0.2, 0) is 16.1 Å². The van der Waals surface area contributed by atoms with Crippen LogP contribution < -0.4 is 4.90 Å². The summed E-state index contributed by atoms with van der Waals surface area (Å²) in [6.45, 7) is 3.42. The number of carbonyl (C=O) groups is 1. The van der Waals surface area contributed by atoms with E-state index < -0.39 is 0 Å². The van der Waals surface area contributed by atoms with Gasteiger partial charge in [0.2, 0.25) is 5.91 Å². The van der Waals surface area contributed by atoms with E-state index in [2.05, 4.69) is 24.1 Å². The SMILES string of the molecule is COCCN(C)Cc1ccc(N2CCCC2=O)cc1. The molecule has 0 saturated carbocycles. The van der Waals surface area contributed by atoms with Gasteiger partial charge in [0.25, 0.3) is 0 Å². The first kappa shape index (κ1) is 14.0. The topological polar surface area (TPSA) is 32.8 Å².